The highest BCUT2D eigenvalue weighted by Crippen LogP contribution is 2.33. The van der Waals surface area contributed by atoms with E-state index in [1.54, 1.807) is 12.1 Å². The third-order valence-corrected chi connectivity index (χ3v) is 4.70. The van der Waals surface area contributed by atoms with E-state index in [2.05, 4.69) is 10.6 Å². The molecule has 1 aliphatic rings. The van der Waals surface area contributed by atoms with E-state index in [4.69, 9.17) is 0 Å². The van der Waals surface area contributed by atoms with Gasteiger partial charge in [-0.2, -0.15) is 0 Å². The fraction of sp³-hybridized carbons (Fsp3) is 0.286. The average molecular weight is 365 g/mol. The highest BCUT2D eigenvalue weighted by atomic mass is 16.2. The summed E-state index contributed by atoms with van der Waals surface area (Å²) in [7, 11) is 0. The largest absolute Gasteiger partial charge is 0.325 e. The van der Waals surface area contributed by atoms with Crippen molar-refractivity contribution in [2.45, 2.75) is 32.2 Å². The monoisotopic (exact) mass is 365 g/mol. The van der Waals surface area contributed by atoms with Crippen molar-refractivity contribution in [1.29, 1.82) is 0 Å². The molecule has 2 N–H and O–H groups in total. The molecular formula is C21H23N3O3. The second-order valence-electron chi connectivity index (χ2n) is 6.76. The van der Waals surface area contributed by atoms with Gasteiger partial charge in [-0.1, -0.05) is 61.4 Å². The van der Waals surface area contributed by atoms with Gasteiger partial charge in [0.05, 0.1) is 0 Å². The molecule has 0 saturated carbocycles. The molecule has 6 heteroatoms. The first kappa shape index (κ1) is 18.6. The lowest BCUT2D eigenvalue weighted by atomic mass is 9.85. The number of hydrogen-bond acceptors (Lipinski definition) is 3. The number of carbonyl (C=O) groups is 3. The van der Waals surface area contributed by atoms with Crippen LogP contribution >= 0.6 is 0 Å². The van der Waals surface area contributed by atoms with Gasteiger partial charge in [0.2, 0.25) is 5.91 Å². The molecule has 3 rings (SSSR count). The number of urea groups is 1. The quantitative estimate of drug-likeness (QED) is 0.772. The molecule has 140 valence electrons. The van der Waals surface area contributed by atoms with Crippen molar-refractivity contribution in [2.24, 2.45) is 0 Å². The molecule has 2 aromatic carbocycles. The first-order chi connectivity index (χ1) is 13.0. The summed E-state index contributed by atoms with van der Waals surface area (Å²) in [4.78, 5) is 39.0. The van der Waals surface area contributed by atoms with Gasteiger partial charge < -0.3 is 10.6 Å². The van der Waals surface area contributed by atoms with E-state index in [1.165, 1.54) is 0 Å². The summed E-state index contributed by atoms with van der Waals surface area (Å²) in [5, 5.41) is 5.54. The Labute approximate surface area is 158 Å². The van der Waals surface area contributed by atoms with Crippen molar-refractivity contribution in [1.82, 2.24) is 10.2 Å². The number of benzene rings is 2. The Balaban J connectivity index is 1.78. The summed E-state index contributed by atoms with van der Waals surface area (Å²) < 4.78 is 0. The lowest BCUT2D eigenvalue weighted by Crippen LogP contribution is -2.44. The Hall–Kier alpha value is -3.15. The van der Waals surface area contributed by atoms with Gasteiger partial charge >= 0.3 is 6.03 Å². The summed E-state index contributed by atoms with van der Waals surface area (Å²) in [6.07, 6.45) is 1.18. The molecule has 1 aliphatic heterocycles. The Morgan fingerprint density at radius 1 is 1.07 bits per heavy atom. The zero-order valence-electron chi connectivity index (χ0n) is 15.5. The van der Waals surface area contributed by atoms with Gasteiger partial charge in [0.15, 0.2) is 0 Å². The fourth-order valence-corrected chi connectivity index (χ4v) is 3.36. The van der Waals surface area contributed by atoms with Crippen molar-refractivity contribution < 1.29 is 14.4 Å². The zero-order valence-corrected chi connectivity index (χ0v) is 15.5. The van der Waals surface area contributed by atoms with E-state index in [9.17, 15) is 14.4 Å². The predicted molar refractivity (Wildman–Crippen MR) is 103 cm³/mol. The van der Waals surface area contributed by atoms with E-state index in [0.29, 0.717) is 18.5 Å². The van der Waals surface area contributed by atoms with Crippen LogP contribution in [0.1, 0.15) is 30.9 Å². The molecule has 1 heterocycles. The summed E-state index contributed by atoms with van der Waals surface area (Å²) in [6.45, 7) is 3.59. The van der Waals surface area contributed by atoms with Crippen LogP contribution in [0.2, 0.25) is 0 Å². The maximum atomic E-state index is 13.1. The van der Waals surface area contributed by atoms with Crippen molar-refractivity contribution in [2.75, 3.05) is 11.9 Å². The number of aryl methyl sites for hydroxylation is 1. The third-order valence-electron chi connectivity index (χ3n) is 4.70. The molecule has 0 radical (unpaired) electrons. The summed E-state index contributed by atoms with van der Waals surface area (Å²) in [6, 6.07) is 15.9. The van der Waals surface area contributed by atoms with E-state index < -0.39 is 17.5 Å². The minimum Gasteiger partial charge on any atom is -0.325 e. The molecule has 0 unspecified atom stereocenters. The van der Waals surface area contributed by atoms with Crippen molar-refractivity contribution in [3.63, 3.8) is 0 Å². The highest BCUT2D eigenvalue weighted by molar-refractivity contribution is 6.10. The molecule has 6 nitrogen and oxygen atoms in total. The van der Waals surface area contributed by atoms with E-state index >= 15 is 0 Å². The maximum Gasteiger partial charge on any atom is 0.325 e. The van der Waals surface area contributed by atoms with Gasteiger partial charge in [-0.3, -0.25) is 14.5 Å². The number of nitrogens with one attached hydrogen (secondary N) is 2. The number of anilines is 1. The number of rotatable bonds is 6. The van der Waals surface area contributed by atoms with Crippen LogP contribution in [0.15, 0.2) is 54.6 Å². The van der Waals surface area contributed by atoms with Crippen LogP contribution in [0.25, 0.3) is 0 Å². The van der Waals surface area contributed by atoms with E-state index in [1.807, 2.05) is 56.3 Å². The average Bonchev–Trinajstić information content (AvgIpc) is 2.90. The highest BCUT2D eigenvalue weighted by Gasteiger charge is 2.52. The van der Waals surface area contributed by atoms with Crippen molar-refractivity contribution in [3.8, 4) is 0 Å². The normalized spacial score (nSPS) is 19.1. The van der Waals surface area contributed by atoms with Gasteiger partial charge in [-0.25, -0.2) is 4.79 Å². The topological polar surface area (TPSA) is 78.5 Å². The molecule has 1 saturated heterocycles. The van der Waals surface area contributed by atoms with Crippen LogP contribution in [0, 0.1) is 6.92 Å². The Morgan fingerprint density at radius 3 is 2.37 bits per heavy atom. The molecule has 2 aromatic rings. The lowest BCUT2D eigenvalue weighted by Gasteiger charge is -2.26. The molecule has 1 fully saturated rings. The summed E-state index contributed by atoms with van der Waals surface area (Å²) in [5.41, 5.74) is 1.32. The van der Waals surface area contributed by atoms with Gasteiger partial charge in [0, 0.05) is 5.69 Å². The number of imide groups is 1. The lowest BCUT2D eigenvalue weighted by molar-refractivity contribution is -0.134. The molecule has 4 amide bonds. The van der Waals surface area contributed by atoms with Gasteiger partial charge in [-0.05, 0) is 31.0 Å². The van der Waals surface area contributed by atoms with Crippen LogP contribution in [0.3, 0.4) is 0 Å². The second-order valence-corrected chi connectivity index (χ2v) is 6.76. The van der Waals surface area contributed by atoms with Crippen LogP contribution in [-0.2, 0) is 15.1 Å². The Morgan fingerprint density at radius 2 is 1.74 bits per heavy atom. The summed E-state index contributed by atoms with van der Waals surface area (Å²) >= 11 is 0. The first-order valence-corrected chi connectivity index (χ1v) is 9.02. The summed E-state index contributed by atoms with van der Waals surface area (Å²) in [5.74, 6) is -0.803. The smallest absolute Gasteiger partial charge is 0.325 e. The van der Waals surface area contributed by atoms with Crippen molar-refractivity contribution in [3.05, 3.63) is 65.7 Å². The van der Waals surface area contributed by atoms with Gasteiger partial charge in [-0.15, -0.1) is 0 Å². The molecule has 1 atom stereocenters. The van der Waals surface area contributed by atoms with Crippen LogP contribution in [0.4, 0.5) is 10.5 Å². The SMILES string of the molecule is CCC[C@@]1(c2ccccc2)NC(=O)N(CC(=O)Nc2ccc(C)cc2)C1=O. The minimum absolute atomic E-state index is 0.323. The molecular weight excluding hydrogens is 342 g/mol. The first-order valence-electron chi connectivity index (χ1n) is 9.02. The number of hydrogen-bond donors (Lipinski definition) is 2. The maximum absolute atomic E-state index is 13.1. The third kappa shape index (κ3) is 3.69. The van der Waals surface area contributed by atoms with Crippen molar-refractivity contribution >= 4 is 23.5 Å². The van der Waals surface area contributed by atoms with E-state index in [-0.39, 0.29) is 12.5 Å². The molecule has 0 spiro atoms. The second kappa shape index (κ2) is 7.61. The molecule has 0 bridgehead atoms. The molecule has 0 aliphatic carbocycles. The Bertz CT molecular complexity index is 849. The zero-order chi connectivity index (χ0) is 19.4. The van der Waals surface area contributed by atoms with Crippen LogP contribution < -0.4 is 10.6 Å². The number of nitrogens with zero attached hydrogens (tertiary/aromatic N) is 1. The van der Waals surface area contributed by atoms with Gasteiger partial charge in [0.1, 0.15) is 12.1 Å². The number of carbonyl (C=O) groups excluding carboxylic acids is 3. The fourth-order valence-electron chi connectivity index (χ4n) is 3.36. The van der Waals surface area contributed by atoms with E-state index in [0.717, 1.165) is 16.0 Å². The number of amides is 4. The van der Waals surface area contributed by atoms with Crippen LogP contribution in [0.5, 0.6) is 0 Å². The van der Waals surface area contributed by atoms with Gasteiger partial charge in [0.25, 0.3) is 5.91 Å². The standard InChI is InChI=1S/C21H23N3O3/c1-3-13-21(16-7-5-4-6-8-16)19(26)24(20(27)23-21)14-18(25)22-17-11-9-15(2)10-12-17/h4-12H,3,13-14H2,1-2H3,(H,22,25)(H,23,27)/t21-/m0/s1. The molecule has 0 aromatic heterocycles. The Kier molecular flexibility index (Phi) is 5.26. The van der Waals surface area contributed by atoms with Crippen LogP contribution in [-0.4, -0.2) is 29.3 Å². The minimum atomic E-state index is -1.11. The predicted octanol–water partition coefficient (Wildman–Crippen LogP) is 3.18. The molecule has 27 heavy (non-hydrogen) atoms.